The van der Waals surface area contributed by atoms with Gasteiger partial charge in [0.15, 0.2) is 0 Å². The van der Waals surface area contributed by atoms with Crippen LogP contribution in [0.5, 0.6) is 0 Å². The van der Waals surface area contributed by atoms with Gasteiger partial charge >= 0.3 is 0 Å². The van der Waals surface area contributed by atoms with Gasteiger partial charge < -0.3 is 9.80 Å². The van der Waals surface area contributed by atoms with Gasteiger partial charge in [-0.2, -0.15) is 0 Å². The first-order valence-electron chi connectivity index (χ1n) is 13.2. The molecule has 0 amide bonds. The predicted octanol–water partition coefficient (Wildman–Crippen LogP) is 7.18. The molecule has 0 saturated carbocycles. The number of hydrogen-bond donors (Lipinski definition) is 0. The van der Waals surface area contributed by atoms with Crippen LogP contribution in [-0.2, 0) is 17.6 Å². The third kappa shape index (κ3) is 7.01. The molecule has 4 aromatic carbocycles. The van der Waals surface area contributed by atoms with Gasteiger partial charge in [0.25, 0.3) is 0 Å². The van der Waals surface area contributed by atoms with Crippen LogP contribution in [0.1, 0.15) is 28.2 Å². The van der Waals surface area contributed by atoms with Crippen molar-refractivity contribution in [3.63, 3.8) is 0 Å². The van der Waals surface area contributed by atoms with Crippen molar-refractivity contribution in [3.05, 3.63) is 143 Å². The second kappa shape index (κ2) is 12.9. The summed E-state index contributed by atoms with van der Waals surface area (Å²) in [5, 5.41) is 0. The third-order valence-electron chi connectivity index (χ3n) is 7.11. The Kier molecular flexibility index (Phi) is 9.16. The molecule has 1 atom stereocenters. The second-order valence-electron chi connectivity index (χ2n) is 10.3. The van der Waals surface area contributed by atoms with E-state index in [2.05, 4.69) is 135 Å². The molecule has 3 heteroatoms. The minimum Gasteiger partial charge on any atom is -0.378 e. The highest BCUT2D eigenvalue weighted by Crippen LogP contribution is 2.37. The van der Waals surface area contributed by atoms with Crippen molar-refractivity contribution in [2.24, 2.45) is 5.92 Å². The van der Waals surface area contributed by atoms with Crippen molar-refractivity contribution < 1.29 is 4.79 Å². The molecular weight excluding hydrogens is 464 g/mol. The lowest BCUT2D eigenvalue weighted by Crippen LogP contribution is -2.17. The van der Waals surface area contributed by atoms with E-state index >= 15 is 0 Å². The summed E-state index contributed by atoms with van der Waals surface area (Å²) in [7, 11) is 8.25. The van der Waals surface area contributed by atoms with Gasteiger partial charge in [0.05, 0.1) is 0 Å². The standard InChI is InChI=1S/C35H38N2O/c1-36(2)33-19-15-30(16-20-33)35(31-17-21-34(22-18-31)37(3)4)32(24-28-13-9-6-10-14-28)25-29(26-38)23-27-11-7-5-8-12-27/h5-22,25-26,32,35H,23-24H2,1-4H3/b29-25+/t32-/m1/s1. The van der Waals surface area contributed by atoms with Crippen LogP contribution >= 0.6 is 0 Å². The summed E-state index contributed by atoms with van der Waals surface area (Å²) < 4.78 is 0. The molecule has 0 aliphatic carbocycles. The number of allylic oxidation sites excluding steroid dienone is 2. The average molecular weight is 503 g/mol. The van der Waals surface area contributed by atoms with Crippen LogP contribution in [0.15, 0.2) is 121 Å². The molecule has 4 rings (SSSR count). The molecule has 0 bridgehead atoms. The molecule has 38 heavy (non-hydrogen) atoms. The third-order valence-corrected chi connectivity index (χ3v) is 7.11. The van der Waals surface area contributed by atoms with Crippen molar-refractivity contribution in [2.45, 2.75) is 18.8 Å². The average Bonchev–Trinajstić information content (AvgIpc) is 2.94. The number of hydrogen-bond acceptors (Lipinski definition) is 3. The van der Waals surface area contributed by atoms with E-state index in [9.17, 15) is 4.79 Å². The monoisotopic (exact) mass is 502 g/mol. The summed E-state index contributed by atoms with van der Waals surface area (Å²) in [4.78, 5) is 16.6. The van der Waals surface area contributed by atoms with Crippen LogP contribution < -0.4 is 9.80 Å². The van der Waals surface area contributed by atoms with Gasteiger partial charge in [-0.15, -0.1) is 0 Å². The minimum atomic E-state index is 0.0911. The molecule has 0 aromatic heterocycles. The number of rotatable bonds is 11. The van der Waals surface area contributed by atoms with Gasteiger partial charge in [-0.05, 0) is 64.4 Å². The van der Waals surface area contributed by atoms with E-state index in [0.29, 0.717) is 6.42 Å². The first kappa shape index (κ1) is 26.9. The fourth-order valence-corrected chi connectivity index (χ4v) is 5.05. The highest BCUT2D eigenvalue weighted by atomic mass is 16.1. The van der Waals surface area contributed by atoms with Crippen LogP contribution in [0.4, 0.5) is 11.4 Å². The van der Waals surface area contributed by atoms with E-state index in [1.807, 2.05) is 18.2 Å². The molecule has 3 nitrogen and oxygen atoms in total. The molecule has 4 aromatic rings. The molecule has 194 valence electrons. The van der Waals surface area contributed by atoms with E-state index < -0.39 is 0 Å². The first-order chi connectivity index (χ1) is 18.4. The fraction of sp³-hybridized carbons (Fsp3) is 0.229. The summed E-state index contributed by atoms with van der Waals surface area (Å²) in [6.07, 6.45) is 4.72. The molecule has 0 fully saturated rings. The van der Waals surface area contributed by atoms with E-state index in [4.69, 9.17) is 0 Å². The van der Waals surface area contributed by atoms with Crippen LogP contribution in [-0.4, -0.2) is 34.5 Å². The number of aldehydes is 1. The highest BCUT2D eigenvalue weighted by molar-refractivity contribution is 5.74. The van der Waals surface area contributed by atoms with Crippen LogP contribution in [0, 0.1) is 5.92 Å². The topological polar surface area (TPSA) is 23.6 Å². The maximum atomic E-state index is 12.4. The van der Waals surface area contributed by atoms with Crippen LogP contribution in [0.3, 0.4) is 0 Å². The van der Waals surface area contributed by atoms with Gasteiger partial charge in [0, 0.05) is 51.9 Å². The van der Waals surface area contributed by atoms with Gasteiger partial charge in [-0.3, -0.25) is 4.79 Å². The lowest BCUT2D eigenvalue weighted by Gasteiger charge is -2.28. The van der Waals surface area contributed by atoms with Crippen LogP contribution in [0.2, 0.25) is 0 Å². The maximum Gasteiger partial charge on any atom is 0.146 e. The zero-order valence-corrected chi connectivity index (χ0v) is 22.9. The lowest BCUT2D eigenvalue weighted by atomic mass is 9.76. The van der Waals surface area contributed by atoms with Gasteiger partial charge in [-0.1, -0.05) is 91.0 Å². The first-order valence-corrected chi connectivity index (χ1v) is 13.2. The Hall–Kier alpha value is -4.11. The van der Waals surface area contributed by atoms with Crippen molar-refractivity contribution in [1.82, 2.24) is 0 Å². The molecule has 0 heterocycles. The summed E-state index contributed by atoms with van der Waals surface area (Å²) in [6, 6.07) is 38.5. The lowest BCUT2D eigenvalue weighted by molar-refractivity contribution is -0.105. The Labute approximate surface area is 228 Å². The number of carbonyl (C=O) groups excluding carboxylic acids is 1. The highest BCUT2D eigenvalue weighted by Gasteiger charge is 2.25. The van der Waals surface area contributed by atoms with Gasteiger partial charge in [-0.25, -0.2) is 0 Å². The molecule has 0 aliphatic heterocycles. The largest absolute Gasteiger partial charge is 0.378 e. The summed E-state index contributed by atoms with van der Waals surface area (Å²) in [6.45, 7) is 0. The summed E-state index contributed by atoms with van der Waals surface area (Å²) in [5.74, 6) is 0.185. The van der Waals surface area contributed by atoms with Crippen molar-refractivity contribution in [2.75, 3.05) is 38.0 Å². The Morgan fingerprint density at radius 1 is 0.632 bits per heavy atom. The number of nitrogens with zero attached hydrogens (tertiary/aromatic N) is 2. The zero-order chi connectivity index (χ0) is 26.9. The molecule has 0 saturated heterocycles. The second-order valence-corrected chi connectivity index (χ2v) is 10.3. The van der Waals surface area contributed by atoms with Crippen molar-refractivity contribution in [1.29, 1.82) is 0 Å². The molecule has 0 radical (unpaired) electrons. The molecule has 0 N–H and O–H groups in total. The molecular formula is C35H38N2O. The van der Waals surface area contributed by atoms with Gasteiger partial charge in [0.2, 0.25) is 0 Å². The summed E-state index contributed by atoms with van der Waals surface area (Å²) in [5.41, 5.74) is 8.05. The van der Waals surface area contributed by atoms with E-state index in [1.54, 1.807) is 0 Å². The molecule has 0 spiro atoms. The van der Waals surface area contributed by atoms with Crippen molar-refractivity contribution >= 4 is 17.7 Å². The van der Waals surface area contributed by atoms with E-state index in [0.717, 1.165) is 23.8 Å². The minimum absolute atomic E-state index is 0.0911. The Morgan fingerprint density at radius 3 is 1.50 bits per heavy atom. The number of benzene rings is 4. The number of anilines is 2. The SMILES string of the molecule is CN(C)c1ccc(C(c2ccc(N(C)C)cc2)[C@@H](/C=C(/C=O)Cc2ccccc2)Cc2ccccc2)cc1. The predicted molar refractivity (Wildman–Crippen MR) is 161 cm³/mol. The quantitative estimate of drug-likeness (QED) is 0.160. The number of carbonyl (C=O) groups is 1. The Morgan fingerprint density at radius 2 is 1.08 bits per heavy atom. The van der Waals surface area contributed by atoms with Crippen LogP contribution in [0.25, 0.3) is 0 Å². The van der Waals surface area contributed by atoms with Crippen molar-refractivity contribution in [3.8, 4) is 0 Å². The zero-order valence-electron chi connectivity index (χ0n) is 22.9. The smallest absolute Gasteiger partial charge is 0.146 e. The summed E-state index contributed by atoms with van der Waals surface area (Å²) >= 11 is 0. The Balaban J connectivity index is 1.82. The van der Waals surface area contributed by atoms with E-state index in [-0.39, 0.29) is 11.8 Å². The Bertz CT molecular complexity index is 1260. The molecule has 0 aliphatic rings. The fourth-order valence-electron chi connectivity index (χ4n) is 5.05. The molecule has 0 unspecified atom stereocenters. The van der Waals surface area contributed by atoms with Gasteiger partial charge in [0.1, 0.15) is 6.29 Å². The maximum absolute atomic E-state index is 12.4. The normalized spacial score (nSPS) is 12.3. The van der Waals surface area contributed by atoms with E-state index in [1.165, 1.54) is 28.1 Å².